The van der Waals surface area contributed by atoms with Crippen LogP contribution in [0.25, 0.3) is 0 Å². The van der Waals surface area contributed by atoms with Crippen molar-refractivity contribution in [1.29, 1.82) is 0 Å². The van der Waals surface area contributed by atoms with Crippen molar-refractivity contribution in [3.63, 3.8) is 0 Å². The van der Waals surface area contributed by atoms with E-state index in [0.29, 0.717) is 17.9 Å². The minimum Gasteiger partial charge on any atom is -0.478 e. The lowest BCUT2D eigenvalue weighted by Crippen LogP contribution is -2.52. The number of nitrogens with zero attached hydrogens (tertiary/aromatic N) is 1. The smallest absolute Gasteiger partial charge is 0.335 e. The Morgan fingerprint density at radius 1 is 1.20 bits per heavy atom. The number of carboxylic acids is 1. The number of amides is 1. The summed E-state index contributed by atoms with van der Waals surface area (Å²) in [6.45, 7) is 4.25. The fraction of sp³-hybridized carbons (Fsp3) is 0.429. The van der Waals surface area contributed by atoms with Gasteiger partial charge in [-0.2, -0.15) is 0 Å². The van der Waals surface area contributed by atoms with Gasteiger partial charge in [0.25, 0.3) is 5.91 Å². The molecule has 1 N–H and O–H groups in total. The van der Waals surface area contributed by atoms with Crippen LogP contribution in [0, 0.1) is 0 Å². The Morgan fingerprint density at radius 3 is 2.30 bits per heavy atom. The highest BCUT2D eigenvalue weighted by Crippen LogP contribution is 2.19. The third kappa shape index (κ3) is 2.75. The second-order valence-corrected chi connectivity index (χ2v) is 6.82. The van der Waals surface area contributed by atoms with Gasteiger partial charge in [0, 0.05) is 34.7 Å². The van der Waals surface area contributed by atoms with E-state index in [4.69, 9.17) is 5.11 Å². The average molecular weight is 295 g/mol. The molecule has 0 aromatic heterocycles. The predicted molar refractivity (Wildman–Crippen MR) is 76.4 cm³/mol. The molecule has 3 atom stereocenters. The van der Waals surface area contributed by atoms with Crippen molar-refractivity contribution in [2.45, 2.75) is 25.1 Å². The molecule has 0 aliphatic carbocycles. The summed E-state index contributed by atoms with van der Waals surface area (Å²) in [6, 6.07) is 5.80. The lowest BCUT2D eigenvalue weighted by Gasteiger charge is -2.37. The van der Waals surface area contributed by atoms with E-state index < -0.39 is 16.8 Å². The molecule has 1 amide bonds. The van der Waals surface area contributed by atoms with E-state index in [0.717, 1.165) is 0 Å². The number of benzene rings is 1. The number of hydrogen-bond acceptors (Lipinski definition) is 3. The third-order valence-corrected chi connectivity index (χ3v) is 5.57. The Labute approximate surface area is 120 Å². The molecule has 5 nitrogen and oxygen atoms in total. The van der Waals surface area contributed by atoms with Gasteiger partial charge < -0.3 is 10.0 Å². The van der Waals surface area contributed by atoms with E-state index in [1.807, 2.05) is 13.8 Å². The van der Waals surface area contributed by atoms with Gasteiger partial charge in [-0.05, 0) is 38.1 Å². The first kappa shape index (κ1) is 14.7. The van der Waals surface area contributed by atoms with Gasteiger partial charge in [-0.1, -0.05) is 0 Å². The monoisotopic (exact) mass is 295 g/mol. The van der Waals surface area contributed by atoms with Gasteiger partial charge in [0.15, 0.2) is 0 Å². The molecule has 3 unspecified atom stereocenters. The van der Waals surface area contributed by atoms with Crippen LogP contribution < -0.4 is 0 Å². The van der Waals surface area contributed by atoms with Gasteiger partial charge in [-0.25, -0.2) is 4.79 Å². The van der Waals surface area contributed by atoms with Gasteiger partial charge in [0.2, 0.25) is 0 Å². The van der Waals surface area contributed by atoms with Crippen molar-refractivity contribution in [3.8, 4) is 0 Å². The Kier molecular flexibility index (Phi) is 4.23. The van der Waals surface area contributed by atoms with Crippen LogP contribution in [0.2, 0.25) is 0 Å². The summed E-state index contributed by atoms with van der Waals surface area (Å²) in [4.78, 5) is 24.9. The lowest BCUT2D eigenvalue weighted by molar-refractivity contribution is 0.0682. The summed E-state index contributed by atoms with van der Waals surface area (Å²) in [5.74, 6) is -0.665. The van der Waals surface area contributed by atoms with Crippen molar-refractivity contribution in [2.24, 2.45) is 0 Å². The molecule has 1 aromatic carbocycles. The fourth-order valence-corrected chi connectivity index (χ4v) is 3.59. The maximum atomic E-state index is 12.4. The topological polar surface area (TPSA) is 74.7 Å². The Bertz CT molecular complexity index is 555. The molecular weight excluding hydrogens is 278 g/mol. The highest BCUT2D eigenvalue weighted by atomic mass is 32.2. The van der Waals surface area contributed by atoms with Gasteiger partial charge in [-0.15, -0.1) is 0 Å². The molecule has 2 rings (SSSR count). The van der Waals surface area contributed by atoms with E-state index in [1.54, 1.807) is 4.90 Å². The van der Waals surface area contributed by atoms with E-state index >= 15 is 0 Å². The largest absolute Gasteiger partial charge is 0.478 e. The zero-order valence-electron chi connectivity index (χ0n) is 11.4. The molecule has 6 heteroatoms. The maximum Gasteiger partial charge on any atom is 0.335 e. The average Bonchev–Trinajstić information content (AvgIpc) is 2.44. The van der Waals surface area contributed by atoms with Gasteiger partial charge in [-0.3, -0.25) is 9.00 Å². The van der Waals surface area contributed by atoms with Crippen LogP contribution >= 0.6 is 0 Å². The Balaban J connectivity index is 2.18. The molecule has 1 aliphatic rings. The quantitative estimate of drug-likeness (QED) is 0.894. The van der Waals surface area contributed by atoms with Crippen LogP contribution in [0.4, 0.5) is 0 Å². The fourth-order valence-electron chi connectivity index (χ4n) is 2.26. The molecule has 0 spiro atoms. The van der Waals surface area contributed by atoms with Crippen molar-refractivity contribution in [3.05, 3.63) is 35.4 Å². The van der Waals surface area contributed by atoms with Crippen molar-refractivity contribution in [2.75, 3.05) is 12.3 Å². The summed E-state index contributed by atoms with van der Waals surface area (Å²) in [6.07, 6.45) is 0. The van der Waals surface area contributed by atoms with Crippen molar-refractivity contribution in [1.82, 2.24) is 4.90 Å². The summed E-state index contributed by atoms with van der Waals surface area (Å²) in [5.41, 5.74) is 0.615. The first-order chi connectivity index (χ1) is 9.41. The molecule has 108 valence electrons. The number of aromatic carboxylic acids is 1. The van der Waals surface area contributed by atoms with E-state index in [2.05, 4.69) is 0 Å². The molecule has 0 saturated carbocycles. The second-order valence-electron chi connectivity index (χ2n) is 4.91. The molecular formula is C14H17NO4S. The van der Waals surface area contributed by atoms with E-state index in [9.17, 15) is 13.8 Å². The highest BCUT2D eigenvalue weighted by Gasteiger charge is 2.33. The van der Waals surface area contributed by atoms with Gasteiger partial charge in [0.1, 0.15) is 0 Å². The molecule has 1 fully saturated rings. The molecule has 1 heterocycles. The summed E-state index contributed by atoms with van der Waals surface area (Å²) < 4.78 is 11.7. The SMILES string of the molecule is CC1C(C)S(=O)CCN1C(=O)c1ccc(C(=O)O)cc1. The molecule has 1 aromatic rings. The standard InChI is InChI=1S/C14H17NO4S/c1-9-10(2)20(19)8-7-15(9)13(16)11-3-5-12(6-4-11)14(17)18/h3-6,9-10H,7-8H2,1-2H3,(H,17,18). The highest BCUT2D eigenvalue weighted by molar-refractivity contribution is 7.85. The number of hydrogen-bond donors (Lipinski definition) is 1. The number of carboxylic acid groups (broad SMARTS) is 1. The first-order valence-corrected chi connectivity index (χ1v) is 7.81. The molecule has 20 heavy (non-hydrogen) atoms. The van der Waals surface area contributed by atoms with Crippen LogP contribution in [0.5, 0.6) is 0 Å². The maximum absolute atomic E-state index is 12.4. The zero-order valence-corrected chi connectivity index (χ0v) is 12.2. The predicted octanol–water partition coefficient (Wildman–Crippen LogP) is 1.37. The van der Waals surface area contributed by atoms with E-state index in [1.165, 1.54) is 24.3 Å². The zero-order chi connectivity index (χ0) is 14.9. The van der Waals surface area contributed by atoms with Crippen molar-refractivity contribution < 1.29 is 18.9 Å². The van der Waals surface area contributed by atoms with Crippen molar-refractivity contribution >= 4 is 22.7 Å². The Hall–Kier alpha value is -1.69. The molecule has 0 bridgehead atoms. The third-order valence-electron chi connectivity index (χ3n) is 3.76. The Morgan fingerprint density at radius 2 is 1.75 bits per heavy atom. The second kappa shape index (κ2) is 5.75. The molecule has 1 saturated heterocycles. The molecule has 0 radical (unpaired) electrons. The first-order valence-electron chi connectivity index (χ1n) is 6.43. The van der Waals surface area contributed by atoms with Gasteiger partial charge in [0.05, 0.1) is 10.8 Å². The minimum atomic E-state index is -1.01. The van der Waals surface area contributed by atoms with E-state index in [-0.39, 0.29) is 22.8 Å². The van der Waals surface area contributed by atoms with Crippen LogP contribution in [0.3, 0.4) is 0 Å². The summed E-state index contributed by atoms with van der Waals surface area (Å²) in [7, 11) is -0.890. The summed E-state index contributed by atoms with van der Waals surface area (Å²) in [5, 5.41) is 8.79. The number of carbonyl (C=O) groups excluding carboxylic acids is 1. The lowest BCUT2D eigenvalue weighted by atomic mass is 10.1. The molecule has 1 aliphatic heterocycles. The number of carbonyl (C=O) groups is 2. The minimum absolute atomic E-state index is 0.0500. The normalized spacial score (nSPS) is 26.3. The number of rotatable bonds is 2. The van der Waals surface area contributed by atoms with Crippen LogP contribution in [0.1, 0.15) is 34.6 Å². The van der Waals surface area contributed by atoms with Crippen LogP contribution in [0.15, 0.2) is 24.3 Å². The van der Waals surface area contributed by atoms with Crippen LogP contribution in [-0.2, 0) is 10.8 Å². The van der Waals surface area contributed by atoms with Crippen LogP contribution in [-0.4, -0.2) is 49.7 Å². The summed E-state index contributed by atoms with van der Waals surface area (Å²) >= 11 is 0. The van der Waals surface area contributed by atoms with Gasteiger partial charge >= 0.3 is 5.97 Å².